The summed E-state index contributed by atoms with van der Waals surface area (Å²) < 4.78 is 0. The van der Waals surface area contributed by atoms with Crippen molar-refractivity contribution in [1.29, 1.82) is 0 Å². The van der Waals surface area contributed by atoms with E-state index in [2.05, 4.69) is 11.8 Å². The van der Waals surface area contributed by atoms with Crippen molar-refractivity contribution in [2.75, 3.05) is 19.7 Å². The number of aliphatic hydroxyl groups excluding tert-OH is 1. The van der Waals surface area contributed by atoms with Crippen LogP contribution in [0.3, 0.4) is 0 Å². The van der Waals surface area contributed by atoms with E-state index in [0.29, 0.717) is 25.1 Å². The lowest BCUT2D eigenvalue weighted by molar-refractivity contribution is 0.0692. The Bertz CT molecular complexity index is 541. The van der Waals surface area contributed by atoms with Gasteiger partial charge in [0.2, 0.25) is 0 Å². The molecule has 0 radical (unpaired) electrons. The number of nitrogens with zero attached hydrogens (tertiary/aromatic N) is 1. The molecule has 0 aliphatic heterocycles. The number of benzene rings is 1. The highest BCUT2D eigenvalue weighted by Gasteiger charge is 2.20. The molecule has 0 saturated carbocycles. The molecular formula is C17H24N2O2. The van der Waals surface area contributed by atoms with Gasteiger partial charge in [0.25, 0.3) is 5.91 Å². The summed E-state index contributed by atoms with van der Waals surface area (Å²) in [5, 5.41) is 8.98. The molecule has 3 N–H and O–H groups in total. The van der Waals surface area contributed by atoms with Crippen molar-refractivity contribution in [3.63, 3.8) is 0 Å². The van der Waals surface area contributed by atoms with E-state index in [4.69, 9.17) is 10.8 Å². The summed E-state index contributed by atoms with van der Waals surface area (Å²) >= 11 is 0. The van der Waals surface area contributed by atoms with Crippen LogP contribution in [-0.4, -0.2) is 41.7 Å². The van der Waals surface area contributed by atoms with E-state index < -0.39 is 0 Å². The Labute approximate surface area is 127 Å². The van der Waals surface area contributed by atoms with Gasteiger partial charge in [-0.2, -0.15) is 0 Å². The van der Waals surface area contributed by atoms with E-state index in [0.717, 1.165) is 11.1 Å². The molecule has 0 atom stereocenters. The molecule has 0 unspecified atom stereocenters. The van der Waals surface area contributed by atoms with Crippen LogP contribution in [0.4, 0.5) is 0 Å². The molecule has 114 valence electrons. The number of rotatable bonds is 5. The third kappa shape index (κ3) is 4.89. The van der Waals surface area contributed by atoms with Crippen LogP contribution in [0.1, 0.15) is 41.8 Å². The van der Waals surface area contributed by atoms with Gasteiger partial charge in [0, 0.05) is 30.3 Å². The Morgan fingerprint density at radius 3 is 2.71 bits per heavy atom. The molecule has 4 heteroatoms. The molecule has 0 heterocycles. The van der Waals surface area contributed by atoms with Gasteiger partial charge in [0.1, 0.15) is 0 Å². The van der Waals surface area contributed by atoms with Gasteiger partial charge < -0.3 is 15.7 Å². The van der Waals surface area contributed by atoms with Crippen molar-refractivity contribution in [2.24, 2.45) is 5.73 Å². The molecule has 0 aliphatic rings. The molecule has 1 aromatic rings. The second kappa shape index (κ2) is 8.46. The molecule has 1 aromatic carbocycles. The van der Waals surface area contributed by atoms with Crippen LogP contribution in [0.5, 0.6) is 0 Å². The summed E-state index contributed by atoms with van der Waals surface area (Å²) in [6.45, 7) is 6.79. The van der Waals surface area contributed by atoms with Gasteiger partial charge in [-0.25, -0.2) is 0 Å². The lowest BCUT2D eigenvalue weighted by Crippen LogP contribution is -2.38. The molecule has 0 aliphatic carbocycles. The van der Waals surface area contributed by atoms with Crippen LogP contribution in [0.15, 0.2) is 18.2 Å². The Kier molecular flexibility index (Phi) is 6.93. The number of aryl methyl sites for hydroxylation is 1. The minimum Gasteiger partial charge on any atom is -0.396 e. The number of nitrogens with two attached hydrogens (primary N) is 1. The van der Waals surface area contributed by atoms with Gasteiger partial charge in [-0.3, -0.25) is 4.79 Å². The Morgan fingerprint density at radius 1 is 1.43 bits per heavy atom. The van der Waals surface area contributed by atoms with Crippen molar-refractivity contribution in [1.82, 2.24) is 4.90 Å². The lowest BCUT2D eigenvalue weighted by Gasteiger charge is -2.27. The van der Waals surface area contributed by atoms with E-state index in [1.165, 1.54) is 0 Å². The fourth-order valence-electron chi connectivity index (χ4n) is 2.07. The third-order valence-corrected chi connectivity index (χ3v) is 3.24. The van der Waals surface area contributed by atoms with Gasteiger partial charge >= 0.3 is 0 Å². The van der Waals surface area contributed by atoms with E-state index in [9.17, 15) is 4.79 Å². The van der Waals surface area contributed by atoms with E-state index in [-0.39, 0.29) is 18.6 Å². The van der Waals surface area contributed by atoms with Crippen LogP contribution in [0.2, 0.25) is 0 Å². The molecule has 0 bridgehead atoms. The zero-order valence-corrected chi connectivity index (χ0v) is 13.0. The maximum Gasteiger partial charge on any atom is 0.254 e. The van der Waals surface area contributed by atoms with Crippen molar-refractivity contribution in [3.8, 4) is 11.8 Å². The highest BCUT2D eigenvalue weighted by atomic mass is 16.3. The summed E-state index contributed by atoms with van der Waals surface area (Å²) in [5.74, 6) is 5.73. The normalized spacial score (nSPS) is 10.2. The van der Waals surface area contributed by atoms with Crippen LogP contribution >= 0.6 is 0 Å². The zero-order chi connectivity index (χ0) is 15.8. The average molecular weight is 288 g/mol. The highest BCUT2D eigenvalue weighted by Crippen LogP contribution is 2.15. The predicted molar refractivity (Wildman–Crippen MR) is 85.0 cm³/mol. The van der Waals surface area contributed by atoms with Gasteiger partial charge in [-0.15, -0.1) is 0 Å². The second-order valence-corrected chi connectivity index (χ2v) is 5.21. The quantitative estimate of drug-likeness (QED) is 0.808. The van der Waals surface area contributed by atoms with Crippen LogP contribution in [0, 0.1) is 18.8 Å². The predicted octanol–water partition coefficient (Wildman–Crippen LogP) is 1.54. The second-order valence-electron chi connectivity index (χ2n) is 5.21. The topological polar surface area (TPSA) is 66.6 Å². The molecule has 21 heavy (non-hydrogen) atoms. The summed E-state index contributed by atoms with van der Waals surface area (Å²) in [7, 11) is 0. The molecule has 4 nitrogen and oxygen atoms in total. The monoisotopic (exact) mass is 288 g/mol. The number of hydrogen-bond donors (Lipinski definition) is 2. The molecule has 0 saturated heterocycles. The molecule has 0 aromatic heterocycles. The number of carbonyl (C=O) groups is 1. The maximum atomic E-state index is 12.7. The Morgan fingerprint density at radius 2 is 2.14 bits per heavy atom. The van der Waals surface area contributed by atoms with E-state index in [1.54, 1.807) is 4.90 Å². The molecule has 0 fully saturated rings. The van der Waals surface area contributed by atoms with E-state index in [1.807, 2.05) is 39.0 Å². The van der Waals surface area contributed by atoms with Crippen molar-refractivity contribution in [3.05, 3.63) is 34.9 Å². The van der Waals surface area contributed by atoms with Crippen LogP contribution < -0.4 is 5.73 Å². The first-order chi connectivity index (χ1) is 10.0. The van der Waals surface area contributed by atoms with E-state index >= 15 is 0 Å². The van der Waals surface area contributed by atoms with Gasteiger partial charge in [0.05, 0.1) is 6.54 Å². The first-order valence-electron chi connectivity index (χ1n) is 7.22. The highest BCUT2D eigenvalue weighted by molar-refractivity contribution is 5.96. The first kappa shape index (κ1) is 17.2. The largest absolute Gasteiger partial charge is 0.396 e. The smallest absolute Gasteiger partial charge is 0.254 e. The van der Waals surface area contributed by atoms with Gasteiger partial charge in [-0.05, 0) is 44.9 Å². The van der Waals surface area contributed by atoms with Crippen molar-refractivity contribution < 1.29 is 9.90 Å². The minimum atomic E-state index is -0.0210. The lowest BCUT2D eigenvalue weighted by atomic mass is 10.0. The number of amides is 1. The summed E-state index contributed by atoms with van der Waals surface area (Å²) in [5.41, 5.74) is 7.75. The molecule has 1 rings (SSSR count). The van der Waals surface area contributed by atoms with Crippen molar-refractivity contribution in [2.45, 2.75) is 33.2 Å². The average Bonchev–Trinajstić information content (AvgIpc) is 2.46. The van der Waals surface area contributed by atoms with Crippen LogP contribution in [0.25, 0.3) is 0 Å². The molecule has 1 amide bonds. The summed E-state index contributed by atoms with van der Waals surface area (Å²) in [6.07, 6.45) is 0.579. The summed E-state index contributed by atoms with van der Waals surface area (Å²) in [4.78, 5) is 14.5. The maximum absolute atomic E-state index is 12.7. The number of hydrogen-bond acceptors (Lipinski definition) is 3. The van der Waals surface area contributed by atoms with Crippen LogP contribution in [-0.2, 0) is 0 Å². The Hall–Kier alpha value is -1.83. The third-order valence-electron chi connectivity index (χ3n) is 3.24. The number of carbonyl (C=O) groups excluding carboxylic acids is 1. The molecule has 0 spiro atoms. The zero-order valence-electron chi connectivity index (χ0n) is 13.0. The van der Waals surface area contributed by atoms with Crippen molar-refractivity contribution >= 4 is 5.91 Å². The fraction of sp³-hybridized carbons (Fsp3) is 0.471. The molecular weight excluding hydrogens is 264 g/mol. The Balaban J connectivity index is 3.08. The first-order valence-corrected chi connectivity index (χ1v) is 7.22. The number of aliphatic hydroxyl groups is 1. The fourth-order valence-corrected chi connectivity index (χ4v) is 2.07. The SMILES string of the molecule is Cc1ccc(C#CCN)cc1C(=O)N(CCCO)C(C)C. The minimum absolute atomic E-state index is 0.0210. The summed E-state index contributed by atoms with van der Waals surface area (Å²) in [6, 6.07) is 5.69. The van der Waals surface area contributed by atoms with Gasteiger partial charge in [0.15, 0.2) is 0 Å². The van der Waals surface area contributed by atoms with Gasteiger partial charge in [-0.1, -0.05) is 17.9 Å². The standard InChI is InChI=1S/C17H24N2O2/c1-13(2)19(10-5-11-20)17(21)16-12-15(6-4-9-18)8-7-14(16)3/h7-8,12-13,20H,5,9-11,18H2,1-3H3.